The van der Waals surface area contributed by atoms with E-state index in [1.165, 1.54) is 4.90 Å². The van der Waals surface area contributed by atoms with Gasteiger partial charge in [0.25, 0.3) is 0 Å². The Kier molecular flexibility index (Phi) is 6.23. The average molecular weight is 184 g/mol. The van der Waals surface area contributed by atoms with Gasteiger partial charge >= 0.3 is 0 Å². The summed E-state index contributed by atoms with van der Waals surface area (Å²) in [5, 5.41) is 0. The van der Waals surface area contributed by atoms with Gasteiger partial charge in [-0.05, 0) is 6.32 Å². The van der Waals surface area contributed by atoms with Crippen molar-refractivity contribution in [2.75, 3.05) is 19.6 Å². The van der Waals surface area contributed by atoms with Gasteiger partial charge in [-0.2, -0.15) is 0 Å². The molecule has 13 heavy (non-hydrogen) atoms. The van der Waals surface area contributed by atoms with Crippen molar-refractivity contribution in [3.63, 3.8) is 0 Å². The molecular formula is C8H17BN2O2. The van der Waals surface area contributed by atoms with Crippen LogP contribution in [0.3, 0.4) is 0 Å². The Balaban J connectivity index is 4.08. The maximum atomic E-state index is 11.3. The highest BCUT2D eigenvalue weighted by Crippen LogP contribution is 1.94. The number of hydrogen-bond acceptors (Lipinski definition) is 3. The lowest BCUT2D eigenvalue weighted by atomic mass is 10.0. The SMILES string of the molecule is BCC(=O)N(CCN)CC(=O)CC. The van der Waals surface area contributed by atoms with Crippen LogP contribution in [0.2, 0.25) is 6.32 Å². The van der Waals surface area contributed by atoms with Crippen LogP contribution in [0, 0.1) is 0 Å². The van der Waals surface area contributed by atoms with E-state index in [1.54, 1.807) is 14.8 Å². The molecule has 0 fully saturated rings. The first-order valence-corrected chi connectivity index (χ1v) is 4.65. The Labute approximate surface area is 79.9 Å². The molecule has 0 rings (SSSR count). The third kappa shape index (κ3) is 4.67. The quantitative estimate of drug-likeness (QED) is 0.527. The van der Waals surface area contributed by atoms with Gasteiger partial charge < -0.3 is 10.6 Å². The maximum absolute atomic E-state index is 11.3. The van der Waals surface area contributed by atoms with E-state index in [-0.39, 0.29) is 18.2 Å². The molecule has 4 nitrogen and oxygen atoms in total. The number of carbonyl (C=O) groups is 2. The highest BCUT2D eigenvalue weighted by Gasteiger charge is 2.12. The molecule has 0 saturated carbocycles. The third-order valence-electron chi connectivity index (χ3n) is 1.82. The lowest BCUT2D eigenvalue weighted by Crippen LogP contribution is -2.38. The molecule has 0 aliphatic carbocycles. The Morgan fingerprint density at radius 2 is 2.08 bits per heavy atom. The molecule has 2 N–H and O–H groups in total. The van der Waals surface area contributed by atoms with E-state index in [2.05, 4.69) is 0 Å². The van der Waals surface area contributed by atoms with Gasteiger partial charge in [0, 0.05) is 19.5 Å². The number of rotatable bonds is 6. The summed E-state index contributed by atoms with van der Waals surface area (Å²) in [7, 11) is 1.78. The summed E-state index contributed by atoms with van der Waals surface area (Å²) in [4.78, 5) is 23.9. The summed E-state index contributed by atoms with van der Waals surface area (Å²) in [5.74, 6) is 0.0718. The van der Waals surface area contributed by atoms with Gasteiger partial charge in [0.05, 0.1) is 6.54 Å². The summed E-state index contributed by atoms with van der Waals surface area (Å²) in [6, 6.07) is 0. The molecule has 74 valence electrons. The zero-order chi connectivity index (χ0) is 10.3. The van der Waals surface area contributed by atoms with Crippen molar-refractivity contribution in [1.82, 2.24) is 4.90 Å². The van der Waals surface area contributed by atoms with Gasteiger partial charge in [-0.1, -0.05) is 6.92 Å². The van der Waals surface area contributed by atoms with E-state index in [1.807, 2.05) is 0 Å². The number of nitrogens with zero attached hydrogens (tertiary/aromatic N) is 1. The van der Waals surface area contributed by atoms with Crippen molar-refractivity contribution in [3.05, 3.63) is 0 Å². The zero-order valence-corrected chi connectivity index (χ0v) is 8.38. The summed E-state index contributed by atoms with van der Waals surface area (Å²) >= 11 is 0. The summed E-state index contributed by atoms with van der Waals surface area (Å²) in [6.07, 6.45) is 0.898. The van der Waals surface area contributed by atoms with Crippen molar-refractivity contribution >= 4 is 19.5 Å². The summed E-state index contributed by atoms with van der Waals surface area (Å²) in [6.45, 7) is 2.88. The van der Waals surface area contributed by atoms with E-state index in [4.69, 9.17) is 5.73 Å². The fourth-order valence-corrected chi connectivity index (χ4v) is 0.996. The fourth-order valence-electron chi connectivity index (χ4n) is 0.996. The van der Waals surface area contributed by atoms with Gasteiger partial charge in [-0.15, -0.1) is 0 Å². The predicted octanol–water partition coefficient (Wildman–Crippen LogP) is -1.20. The zero-order valence-electron chi connectivity index (χ0n) is 8.38. The van der Waals surface area contributed by atoms with E-state index < -0.39 is 0 Å². The maximum Gasteiger partial charge on any atom is 0.215 e. The molecule has 0 radical (unpaired) electrons. The lowest BCUT2D eigenvalue weighted by molar-refractivity contribution is -0.133. The van der Waals surface area contributed by atoms with Crippen LogP contribution in [0.5, 0.6) is 0 Å². The minimum Gasteiger partial charge on any atom is -0.335 e. The molecule has 0 aromatic rings. The minimum atomic E-state index is -0.00718. The highest BCUT2D eigenvalue weighted by molar-refractivity contribution is 6.19. The Hall–Kier alpha value is -0.835. The largest absolute Gasteiger partial charge is 0.335 e. The molecule has 0 unspecified atom stereocenters. The Morgan fingerprint density at radius 3 is 2.46 bits per heavy atom. The molecule has 0 saturated heterocycles. The first-order chi connectivity index (χ1) is 6.15. The van der Waals surface area contributed by atoms with Crippen molar-refractivity contribution in [2.45, 2.75) is 19.7 Å². The number of amides is 1. The molecule has 0 aliphatic heterocycles. The molecule has 0 aromatic heterocycles. The monoisotopic (exact) mass is 184 g/mol. The second-order valence-electron chi connectivity index (χ2n) is 2.85. The molecule has 0 aromatic carbocycles. The first kappa shape index (κ1) is 12.2. The van der Waals surface area contributed by atoms with Gasteiger partial charge in [-0.25, -0.2) is 0 Å². The fraction of sp³-hybridized carbons (Fsp3) is 0.750. The van der Waals surface area contributed by atoms with Gasteiger partial charge in [0.2, 0.25) is 5.91 Å². The molecule has 0 aliphatic rings. The third-order valence-corrected chi connectivity index (χ3v) is 1.82. The standard InChI is InChI=1S/C8H17BN2O2/c1-2-7(12)6-11(4-3-10)8(13)5-9/h2-6,9-10H2,1H3. The van der Waals surface area contributed by atoms with E-state index in [0.29, 0.717) is 25.8 Å². The second kappa shape index (κ2) is 6.66. The molecule has 0 bridgehead atoms. The average Bonchev–Trinajstić information content (AvgIpc) is 2.15. The number of ketones is 1. The van der Waals surface area contributed by atoms with Crippen LogP contribution in [-0.2, 0) is 9.59 Å². The van der Waals surface area contributed by atoms with Crippen molar-refractivity contribution in [2.24, 2.45) is 5.73 Å². The Morgan fingerprint density at radius 1 is 1.46 bits per heavy atom. The van der Waals surface area contributed by atoms with Gasteiger partial charge in [0.1, 0.15) is 7.85 Å². The molecular weight excluding hydrogens is 167 g/mol. The van der Waals surface area contributed by atoms with Crippen LogP contribution in [0.4, 0.5) is 0 Å². The van der Waals surface area contributed by atoms with Crippen molar-refractivity contribution in [1.29, 1.82) is 0 Å². The predicted molar refractivity (Wildman–Crippen MR) is 54.3 cm³/mol. The van der Waals surface area contributed by atoms with Gasteiger partial charge in [-0.3, -0.25) is 9.59 Å². The smallest absolute Gasteiger partial charge is 0.215 e. The first-order valence-electron chi connectivity index (χ1n) is 4.65. The molecule has 0 heterocycles. The Bertz CT molecular complexity index is 185. The number of hydrogen-bond donors (Lipinski definition) is 1. The molecule has 0 spiro atoms. The number of nitrogens with two attached hydrogens (primary N) is 1. The van der Waals surface area contributed by atoms with Crippen LogP contribution in [0.15, 0.2) is 0 Å². The van der Waals surface area contributed by atoms with Crippen molar-refractivity contribution < 1.29 is 9.59 Å². The minimum absolute atomic E-state index is 0.00718. The number of Topliss-reactive ketones (excluding diaryl/α,β-unsaturated/α-hetero) is 1. The molecule has 0 atom stereocenters. The van der Waals surface area contributed by atoms with E-state index in [9.17, 15) is 9.59 Å². The van der Waals surface area contributed by atoms with Crippen LogP contribution in [0.1, 0.15) is 13.3 Å². The number of carbonyl (C=O) groups excluding carboxylic acids is 2. The normalized spacial score (nSPS) is 9.69. The lowest BCUT2D eigenvalue weighted by Gasteiger charge is -2.20. The van der Waals surface area contributed by atoms with Crippen LogP contribution >= 0.6 is 0 Å². The summed E-state index contributed by atoms with van der Waals surface area (Å²) < 4.78 is 0. The highest BCUT2D eigenvalue weighted by atomic mass is 16.2. The summed E-state index contributed by atoms with van der Waals surface area (Å²) in [5.41, 5.74) is 5.33. The van der Waals surface area contributed by atoms with Gasteiger partial charge in [0.15, 0.2) is 5.78 Å². The van der Waals surface area contributed by atoms with Crippen molar-refractivity contribution in [3.8, 4) is 0 Å². The topological polar surface area (TPSA) is 63.4 Å². The molecule has 5 heteroatoms. The van der Waals surface area contributed by atoms with E-state index in [0.717, 1.165) is 0 Å². The second-order valence-corrected chi connectivity index (χ2v) is 2.85. The van der Waals surface area contributed by atoms with Crippen LogP contribution in [-0.4, -0.2) is 44.1 Å². The van der Waals surface area contributed by atoms with Crippen LogP contribution < -0.4 is 5.73 Å². The molecule has 1 amide bonds. The van der Waals surface area contributed by atoms with E-state index >= 15 is 0 Å². The van der Waals surface area contributed by atoms with Crippen LogP contribution in [0.25, 0.3) is 0 Å².